The summed E-state index contributed by atoms with van der Waals surface area (Å²) in [6, 6.07) is 10.2. The van der Waals surface area contributed by atoms with Gasteiger partial charge >= 0.3 is 0 Å². The van der Waals surface area contributed by atoms with Crippen LogP contribution in [0.25, 0.3) is 22.2 Å². The molecule has 98 valence electrons. The average Bonchev–Trinajstić information content (AvgIpc) is 2.73. The third kappa shape index (κ3) is 1.45. The van der Waals surface area contributed by atoms with Crippen molar-refractivity contribution in [2.75, 3.05) is 0 Å². The molecule has 0 saturated carbocycles. The van der Waals surface area contributed by atoms with Crippen molar-refractivity contribution in [1.29, 1.82) is 0 Å². The van der Waals surface area contributed by atoms with E-state index in [1.807, 2.05) is 6.07 Å². The minimum absolute atomic E-state index is 0.112. The topological polar surface area (TPSA) is 73.6 Å². The van der Waals surface area contributed by atoms with Crippen LogP contribution in [0, 0.1) is 0 Å². The first kappa shape index (κ1) is 11.1. The van der Waals surface area contributed by atoms with Crippen molar-refractivity contribution < 1.29 is 15.3 Å². The molecule has 4 nitrogen and oxygen atoms in total. The molecule has 0 bridgehead atoms. The summed E-state index contributed by atoms with van der Waals surface area (Å²) in [7, 11) is 0. The van der Waals surface area contributed by atoms with Crippen molar-refractivity contribution in [3.05, 3.63) is 47.5 Å². The zero-order valence-corrected chi connectivity index (χ0v) is 10.5. The average molecular weight is 265 g/mol. The van der Waals surface area contributed by atoms with Gasteiger partial charge in [-0.05, 0) is 47.5 Å². The molecule has 3 aromatic rings. The molecule has 2 aromatic carbocycles. The zero-order valence-electron chi connectivity index (χ0n) is 10.5. The van der Waals surface area contributed by atoms with Crippen LogP contribution in [0.3, 0.4) is 0 Å². The lowest BCUT2D eigenvalue weighted by Crippen LogP contribution is -1.86. The normalized spacial score (nSPS) is 12.4. The number of nitrogens with zero attached hydrogens (tertiary/aromatic N) is 1. The van der Waals surface area contributed by atoms with Crippen LogP contribution < -0.4 is 0 Å². The van der Waals surface area contributed by atoms with E-state index in [1.54, 1.807) is 30.3 Å². The Labute approximate surface area is 114 Å². The molecule has 4 heteroatoms. The Balaban J connectivity index is 2.01. The first-order valence-electron chi connectivity index (χ1n) is 6.30. The fourth-order valence-corrected chi connectivity index (χ4v) is 2.77. The third-order valence-electron chi connectivity index (χ3n) is 3.71. The molecular weight excluding hydrogens is 254 g/mol. The Morgan fingerprint density at radius 1 is 0.850 bits per heavy atom. The van der Waals surface area contributed by atoms with Crippen molar-refractivity contribution in [2.24, 2.45) is 0 Å². The maximum Gasteiger partial charge on any atom is 0.158 e. The van der Waals surface area contributed by atoms with Crippen LogP contribution in [0.5, 0.6) is 17.2 Å². The van der Waals surface area contributed by atoms with Crippen molar-refractivity contribution >= 4 is 10.9 Å². The summed E-state index contributed by atoms with van der Waals surface area (Å²) in [5, 5.41) is 29.6. The number of aromatic hydroxyl groups is 3. The van der Waals surface area contributed by atoms with Crippen LogP contribution in [-0.4, -0.2) is 20.3 Å². The molecule has 0 aliphatic heterocycles. The second-order valence-electron chi connectivity index (χ2n) is 5.05. The molecular formula is C16H11NO3. The number of phenolic OH excluding ortho intramolecular Hbond substituents is 3. The molecule has 1 aromatic heterocycles. The van der Waals surface area contributed by atoms with Gasteiger partial charge in [-0.1, -0.05) is 0 Å². The van der Waals surface area contributed by atoms with E-state index in [2.05, 4.69) is 4.98 Å². The van der Waals surface area contributed by atoms with Gasteiger partial charge in [0.15, 0.2) is 11.5 Å². The van der Waals surface area contributed by atoms with Crippen LogP contribution in [0.4, 0.5) is 0 Å². The summed E-state index contributed by atoms with van der Waals surface area (Å²) < 4.78 is 0. The van der Waals surface area contributed by atoms with Crippen LogP contribution in [-0.2, 0) is 6.42 Å². The van der Waals surface area contributed by atoms with E-state index in [0.29, 0.717) is 6.42 Å². The van der Waals surface area contributed by atoms with E-state index in [0.717, 1.165) is 33.3 Å². The highest BCUT2D eigenvalue weighted by atomic mass is 16.3. The van der Waals surface area contributed by atoms with E-state index in [1.165, 1.54) is 0 Å². The number of hydrogen-bond acceptors (Lipinski definition) is 4. The van der Waals surface area contributed by atoms with E-state index in [9.17, 15) is 15.3 Å². The Kier molecular flexibility index (Phi) is 2.02. The smallest absolute Gasteiger partial charge is 0.158 e. The predicted octanol–water partition coefficient (Wildman–Crippen LogP) is 2.92. The highest BCUT2D eigenvalue weighted by Crippen LogP contribution is 2.42. The molecule has 0 radical (unpaired) electrons. The zero-order chi connectivity index (χ0) is 13.9. The lowest BCUT2D eigenvalue weighted by molar-refractivity contribution is 0.403. The summed E-state index contributed by atoms with van der Waals surface area (Å²) in [5.74, 6) is -0.0343. The number of phenols is 3. The van der Waals surface area contributed by atoms with Crippen molar-refractivity contribution in [3.8, 4) is 28.5 Å². The van der Waals surface area contributed by atoms with Gasteiger partial charge in [-0.15, -0.1) is 0 Å². The first-order chi connectivity index (χ1) is 9.61. The monoisotopic (exact) mass is 265 g/mol. The van der Waals surface area contributed by atoms with Crippen LogP contribution >= 0.6 is 0 Å². The Hall–Kier alpha value is -2.75. The van der Waals surface area contributed by atoms with Crippen molar-refractivity contribution in [3.63, 3.8) is 0 Å². The minimum Gasteiger partial charge on any atom is -0.508 e. The molecule has 3 N–H and O–H groups in total. The predicted molar refractivity (Wildman–Crippen MR) is 75.0 cm³/mol. The van der Waals surface area contributed by atoms with Gasteiger partial charge in [0.1, 0.15) is 5.75 Å². The molecule has 1 aliphatic rings. The quantitative estimate of drug-likeness (QED) is 0.427. The maximum atomic E-state index is 9.65. The summed E-state index contributed by atoms with van der Waals surface area (Å²) in [4.78, 5) is 4.61. The number of pyridine rings is 1. The maximum absolute atomic E-state index is 9.65. The highest BCUT2D eigenvalue weighted by molar-refractivity contribution is 5.87. The number of benzene rings is 2. The van der Waals surface area contributed by atoms with Crippen LogP contribution in [0.1, 0.15) is 11.1 Å². The van der Waals surface area contributed by atoms with E-state index >= 15 is 0 Å². The van der Waals surface area contributed by atoms with E-state index in [-0.39, 0.29) is 17.2 Å². The molecule has 1 heterocycles. The number of hydrogen-bond donors (Lipinski definition) is 3. The lowest BCUT2D eigenvalue weighted by Gasteiger charge is -2.05. The van der Waals surface area contributed by atoms with Crippen molar-refractivity contribution in [2.45, 2.75) is 6.42 Å². The number of fused-ring (bicyclic) bond motifs is 4. The van der Waals surface area contributed by atoms with Gasteiger partial charge < -0.3 is 15.3 Å². The minimum atomic E-state index is -0.135. The third-order valence-corrected chi connectivity index (χ3v) is 3.71. The second kappa shape index (κ2) is 3.63. The van der Waals surface area contributed by atoms with Gasteiger partial charge in [0, 0.05) is 17.4 Å². The summed E-state index contributed by atoms with van der Waals surface area (Å²) in [6.45, 7) is 0. The van der Waals surface area contributed by atoms with Gasteiger partial charge in [0.2, 0.25) is 0 Å². The van der Waals surface area contributed by atoms with Crippen LogP contribution in [0.15, 0.2) is 36.4 Å². The molecule has 0 fully saturated rings. The molecule has 0 atom stereocenters. The van der Waals surface area contributed by atoms with Crippen LogP contribution in [0.2, 0.25) is 0 Å². The highest BCUT2D eigenvalue weighted by Gasteiger charge is 2.22. The van der Waals surface area contributed by atoms with Gasteiger partial charge in [0.25, 0.3) is 0 Å². The van der Waals surface area contributed by atoms with Gasteiger partial charge in [-0.2, -0.15) is 0 Å². The van der Waals surface area contributed by atoms with Crippen molar-refractivity contribution in [1.82, 2.24) is 4.98 Å². The summed E-state index contributed by atoms with van der Waals surface area (Å²) >= 11 is 0. The van der Waals surface area contributed by atoms with Gasteiger partial charge in [-0.3, -0.25) is 0 Å². The largest absolute Gasteiger partial charge is 0.508 e. The summed E-state index contributed by atoms with van der Waals surface area (Å²) in [5.41, 5.74) is 4.45. The molecule has 4 rings (SSSR count). The lowest BCUT2D eigenvalue weighted by atomic mass is 10.1. The Morgan fingerprint density at radius 2 is 1.65 bits per heavy atom. The Morgan fingerprint density at radius 3 is 2.50 bits per heavy atom. The fraction of sp³-hybridized carbons (Fsp3) is 0.0625. The molecule has 0 saturated heterocycles. The standard InChI is InChI=1S/C16H11NO3/c18-11-1-2-13-9(5-11)4-10-3-8-6-14(19)15(20)7-12(8)16(10)17-13/h1-2,4-7,18-20H,3H2. The Bertz CT molecular complexity index is 871. The van der Waals surface area contributed by atoms with E-state index < -0.39 is 0 Å². The van der Waals surface area contributed by atoms with Gasteiger partial charge in [-0.25, -0.2) is 4.98 Å². The second-order valence-corrected chi connectivity index (χ2v) is 5.05. The molecule has 20 heavy (non-hydrogen) atoms. The summed E-state index contributed by atoms with van der Waals surface area (Å²) in [6.07, 6.45) is 0.664. The fourth-order valence-electron chi connectivity index (χ4n) is 2.77. The van der Waals surface area contributed by atoms with E-state index in [4.69, 9.17) is 0 Å². The number of aromatic nitrogens is 1. The van der Waals surface area contributed by atoms with Gasteiger partial charge in [0.05, 0.1) is 11.2 Å². The molecule has 0 spiro atoms. The number of rotatable bonds is 0. The SMILES string of the molecule is Oc1ccc2nc3c(cc2c1)Cc1cc(O)c(O)cc1-3. The first-order valence-corrected chi connectivity index (χ1v) is 6.30. The molecule has 0 amide bonds. The molecule has 1 aliphatic carbocycles. The molecule has 0 unspecified atom stereocenters.